The average Bonchev–Trinajstić information content (AvgIpc) is 2.98. The Morgan fingerprint density at radius 3 is 2.50 bits per heavy atom. The zero-order valence-corrected chi connectivity index (χ0v) is 13.9. The Hall–Kier alpha value is -2.63. The quantitative estimate of drug-likeness (QED) is 0.561. The summed E-state index contributed by atoms with van der Waals surface area (Å²) in [4.78, 5) is 13.6. The minimum Gasteiger partial charge on any atom is -0.316 e. The normalized spacial score (nSPS) is 11.2. The summed E-state index contributed by atoms with van der Waals surface area (Å²) in [5.41, 5.74) is 5.50. The Morgan fingerprint density at radius 1 is 1.12 bits per heavy atom. The van der Waals surface area contributed by atoms with Crippen molar-refractivity contribution in [3.63, 3.8) is 0 Å². The molecule has 0 fully saturated rings. The Bertz CT molecular complexity index is 851. The molecule has 24 heavy (non-hydrogen) atoms. The number of nitrogens with zero attached hydrogens (tertiary/aromatic N) is 2. The van der Waals surface area contributed by atoms with E-state index in [9.17, 15) is 4.79 Å². The third-order valence-electron chi connectivity index (χ3n) is 4.13. The van der Waals surface area contributed by atoms with Crippen LogP contribution < -0.4 is 5.48 Å². The molecular weight excluding hydrogens is 302 g/mol. The van der Waals surface area contributed by atoms with Gasteiger partial charge in [0.1, 0.15) is 0 Å². The van der Waals surface area contributed by atoms with Crippen LogP contribution in [0.4, 0.5) is 0 Å². The van der Waals surface area contributed by atoms with Crippen LogP contribution in [0.5, 0.6) is 0 Å². The maximum Gasteiger partial charge on any atom is 0.274 e. The predicted octanol–water partition coefficient (Wildman–Crippen LogP) is 2.85. The van der Waals surface area contributed by atoms with E-state index in [4.69, 9.17) is 5.21 Å². The van der Waals surface area contributed by atoms with Gasteiger partial charge < -0.3 is 9.47 Å². The molecule has 0 spiro atoms. The smallest absolute Gasteiger partial charge is 0.274 e. The molecule has 1 aromatic heterocycles. The second-order valence-electron chi connectivity index (χ2n) is 6.08. The molecule has 2 N–H and O–H groups in total. The highest BCUT2D eigenvalue weighted by molar-refractivity contribution is 5.93. The maximum atomic E-state index is 11.5. The van der Waals surface area contributed by atoms with Crippen LogP contribution in [0, 0.1) is 0 Å². The fraction of sp³-hybridized carbons (Fsp3) is 0.211. The van der Waals surface area contributed by atoms with Gasteiger partial charge in [0, 0.05) is 29.4 Å². The van der Waals surface area contributed by atoms with Crippen molar-refractivity contribution in [2.24, 2.45) is 0 Å². The zero-order chi connectivity index (χ0) is 17.1. The first-order chi connectivity index (χ1) is 11.6. The Kier molecular flexibility index (Phi) is 4.64. The number of likely N-dealkylation sites (N-methyl/N-ethyl adjacent to an activating group) is 1. The van der Waals surface area contributed by atoms with Crippen molar-refractivity contribution in [2.45, 2.75) is 6.42 Å². The van der Waals surface area contributed by atoms with E-state index in [2.05, 4.69) is 48.0 Å². The van der Waals surface area contributed by atoms with Gasteiger partial charge in [-0.25, -0.2) is 5.48 Å². The lowest BCUT2D eigenvalue weighted by atomic mass is 10.1. The summed E-state index contributed by atoms with van der Waals surface area (Å²) < 4.78 is 2.14. The minimum absolute atomic E-state index is 0.422. The van der Waals surface area contributed by atoms with Crippen molar-refractivity contribution in [1.29, 1.82) is 0 Å². The lowest BCUT2D eigenvalue weighted by Gasteiger charge is -2.08. The predicted molar refractivity (Wildman–Crippen MR) is 94.8 cm³/mol. The molecule has 0 aliphatic carbocycles. The molecule has 0 bridgehead atoms. The van der Waals surface area contributed by atoms with Crippen molar-refractivity contribution in [3.8, 4) is 5.69 Å². The summed E-state index contributed by atoms with van der Waals surface area (Å²) in [6.45, 7) is 0.990. The highest BCUT2D eigenvalue weighted by atomic mass is 16.5. The van der Waals surface area contributed by atoms with Gasteiger partial charge in [-0.15, -0.1) is 0 Å². The molecule has 0 saturated carbocycles. The van der Waals surface area contributed by atoms with E-state index in [0.717, 1.165) is 24.2 Å². The first-order valence-corrected chi connectivity index (χ1v) is 7.88. The average molecular weight is 323 g/mol. The molecule has 124 valence electrons. The fourth-order valence-electron chi connectivity index (χ4n) is 2.85. The topological polar surface area (TPSA) is 57.5 Å². The summed E-state index contributed by atoms with van der Waals surface area (Å²) in [5, 5.41) is 9.96. The molecular formula is C19H21N3O2. The third-order valence-corrected chi connectivity index (χ3v) is 4.13. The molecule has 5 nitrogen and oxygen atoms in total. The van der Waals surface area contributed by atoms with Gasteiger partial charge in [-0.1, -0.05) is 18.2 Å². The van der Waals surface area contributed by atoms with Gasteiger partial charge in [0.15, 0.2) is 0 Å². The van der Waals surface area contributed by atoms with Crippen LogP contribution in [0.2, 0.25) is 0 Å². The van der Waals surface area contributed by atoms with Gasteiger partial charge >= 0.3 is 0 Å². The molecule has 0 unspecified atom stereocenters. The van der Waals surface area contributed by atoms with Gasteiger partial charge in [-0.05, 0) is 56.4 Å². The number of carbonyl (C=O) groups excluding carboxylic acids is 1. The SMILES string of the molecule is CN(C)CCc1cn(-c2ccc(C(=O)NO)cc2)c2ccccc12. The van der Waals surface area contributed by atoms with Crippen LogP contribution in [0.3, 0.4) is 0 Å². The number of para-hydroxylation sites is 1. The van der Waals surface area contributed by atoms with Crippen LogP contribution in [-0.4, -0.2) is 41.2 Å². The van der Waals surface area contributed by atoms with Crippen molar-refractivity contribution in [1.82, 2.24) is 14.9 Å². The molecule has 2 aromatic carbocycles. The van der Waals surface area contributed by atoms with E-state index < -0.39 is 5.91 Å². The monoisotopic (exact) mass is 323 g/mol. The molecule has 0 aliphatic rings. The number of nitrogens with one attached hydrogen (secondary N) is 1. The number of fused-ring (bicyclic) bond motifs is 1. The van der Waals surface area contributed by atoms with Crippen LogP contribution in [0.1, 0.15) is 15.9 Å². The highest BCUT2D eigenvalue weighted by Gasteiger charge is 2.10. The maximum absolute atomic E-state index is 11.5. The number of rotatable bonds is 5. The number of benzene rings is 2. The lowest BCUT2D eigenvalue weighted by molar-refractivity contribution is 0.0706. The largest absolute Gasteiger partial charge is 0.316 e. The van der Waals surface area contributed by atoms with Crippen LogP contribution in [-0.2, 0) is 6.42 Å². The summed E-state index contributed by atoms with van der Waals surface area (Å²) in [6, 6.07) is 15.5. The van der Waals surface area contributed by atoms with Crippen molar-refractivity contribution >= 4 is 16.8 Å². The Balaban J connectivity index is 2.01. The first-order valence-electron chi connectivity index (χ1n) is 7.88. The van der Waals surface area contributed by atoms with Gasteiger partial charge in [0.05, 0.1) is 5.52 Å². The summed E-state index contributed by atoms with van der Waals surface area (Å²) in [5.74, 6) is -0.509. The summed E-state index contributed by atoms with van der Waals surface area (Å²) in [7, 11) is 4.15. The van der Waals surface area contributed by atoms with E-state index in [1.807, 2.05) is 18.2 Å². The minimum atomic E-state index is -0.509. The van der Waals surface area contributed by atoms with Gasteiger partial charge in [-0.3, -0.25) is 10.0 Å². The Morgan fingerprint density at radius 2 is 1.83 bits per heavy atom. The molecule has 0 radical (unpaired) electrons. The van der Waals surface area contributed by atoms with Crippen LogP contribution >= 0.6 is 0 Å². The van der Waals surface area contributed by atoms with E-state index in [-0.39, 0.29) is 0 Å². The van der Waals surface area contributed by atoms with E-state index >= 15 is 0 Å². The van der Waals surface area contributed by atoms with Gasteiger partial charge in [0.25, 0.3) is 5.91 Å². The summed E-state index contributed by atoms with van der Waals surface area (Å²) in [6.07, 6.45) is 3.14. The number of hydroxylamine groups is 1. The second-order valence-corrected chi connectivity index (χ2v) is 6.08. The van der Waals surface area contributed by atoms with Crippen molar-refractivity contribution in [2.75, 3.05) is 20.6 Å². The van der Waals surface area contributed by atoms with Gasteiger partial charge in [0.2, 0.25) is 0 Å². The van der Waals surface area contributed by atoms with Gasteiger partial charge in [-0.2, -0.15) is 0 Å². The van der Waals surface area contributed by atoms with E-state index in [1.165, 1.54) is 10.9 Å². The lowest BCUT2D eigenvalue weighted by Crippen LogP contribution is -2.18. The van der Waals surface area contributed by atoms with Crippen LogP contribution in [0.25, 0.3) is 16.6 Å². The van der Waals surface area contributed by atoms with E-state index in [1.54, 1.807) is 17.6 Å². The fourth-order valence-corrected chi connectivity index (χ4v) is 2.85. The number of aromatic nitrogens is 1. The van der Waals surface area contributed by atoms with Crippen molar-refractivity contribution < 1.29 is 10.0 Å². The first kappa shape index (κ1) is 16.2. The molecule has 1 heterocycles. The number of carbonyl (C=O) groups is 1. The second kappa shape index (κ2) is 6.86. The molecule has 0 atom stereocenters. The number of hydrogen-bond donors (Lipinski definition) is 2. The standard InChI is InChI=1S/C19H21N3O2/c1-21(2)12-11-15-13-22(18-6-4-3-5-17(15)18)16-9-7-14(8-10-16)19(23)20-24/h3-10,13,24H,11-12H2,1-2H3,(H,20,23). The molecule has 5 heteroatoms. The Labute approximate surface area is 141 Å². The molecule has 0 aliphatic heterocycles. The molecule has 0 saturated heterocycles. The zero-order valence-electron chi connectivity index (χ0n) is 13.9. The molecule has 1 amide bonds. The van der Waals surface area contributed by atoms with Crippen LogP contribution in [0.15, 0.2) is 54.7 Å². The molecule has 3 rings (SSSR count). The number of hydrogen-bond acceptors (Lipinski definition) is 3. The van der Waals surface area contributed by atoms with Crippen molar-refractivity contribution in [3.05, 3.63) is 65.9 Å². The van der Waals surface area contributed by atoms with E-state index in [0.29, 0.717) is 5.56 Å². The molecule has 3 aromatic rings. The highest BCUT2D eigenvalue weighted by Crippen LogP contribution is 2.25. The third kappa shape index (κ3) is 3.18. The number of amides is 1. The summed E-state index contributed by atoms with van der Waals surface area (Å²) >= 11 is 0.